The van der Waals surface area contributed by atoms with Crippen molar-refractivity contribution in [3.8, 4) is 0 Å². The maximum atomic E-state index is 13.8. The third-order valence-electron chi connectivity index (χ3n) is 6.58. The lowest BCUT2D eigenvalue weighted by molar-refractivity contribution is -0.137. The monoisotopic (exact) mass is 474 g/mol. The molecule has 3 heterocycles. The summed E-state index contributed by atoms with van der Waals surface area (Å²) in [5.41, 5.74) is -0.571. The van der Waals surface area contributed by atoms with Crippen LogP contribution in [0.15, 0.2) is 21.8 Å². The van der Waals surface area contributed by atoms with Gasteiger partial charge in [0.1, 0.15) is 5.82 Å². The van der Waals surface area contributed by atoms with Gasteiger partial charge in [0.15, 0.2) is 0 Å². The number of hydrogen-bond donors (Lipinski definition) is 2. The maximum absolute atomic E-state index is 13.8. The number of alkyl halides is 3. The number of nitrogens with one attached hydrogen (secondary N) is 1. The van der Waals surface area contributed by atoms with E-state index in [9.17, 15) is 18.0 Å². The summed E-state index contributed by atoms with van der Waals surface area (Å²) in [6.07, 6.45) is -2.31. The second-order valence-electron chi connectivity index (χ2n) is 9.23. The van der Waals surface area contributed by atoms with Crippen molar-refractivity contribution in [1.29, 1.82) is 0 Å². The molecule has 31 heavy (non-hydrogen) atoms. The lowest BCUT2D eigenvalue weighted by atomic mass is 10.1. The fourth-order valence-electron chi connectivity index (χ4n) is 5.10. The molecule has 10 heteroatoms. The molecule has 1 aromatic heterocycles. The summed E-state index contributed by atoms with van der Waals surface area (Å²) in [5.74, 6) is 1.68. The van der Waals surface area contributed by atoms with Gasteiger partial charge in [0.2, 0.25) is 0 Å². The van der Waals surface area contributed by atoms with E-state index < -0.39 is 27.5 Å². The Labute approximate surface area is 185 Å². The van der Waals surface area contributed by atoms with Crippen LogP contribution in [0.5, 0.6) is 0 Å². The summed E-state index contributed by atoms with van der Waals surface area (Å²) >= 11 is 0. The first-order valence-electron chi connectivity index (χ1n) is 10.7. The van der Waals surface area contributed by atoms with E-state index in [1.165, 1.54) is 6.07 Å². The molecule has 2 aromatic rings. The molecule has 2 aliphatic heterocycles. The van der Waals surface area contributed by atoms with E-state index >= 15 is 0 Å². The number of hydrogen-bond acceptors (Lipinski definition) is 4. The Morgan fingerprint density at radius 1 is 1.13 bits per heavy atom. The molecule has 0 radical (unpaired) electrons. The number of thiol groups is 1. The van der Waals surface area contributed by atoms with Crippen molar-refractivity contribution in [3.63, 3.8) is 0 Å². The van der Waals surface area contributed by atoms with E-state index in [0.717, 1.165) is 18.9 Å². The van der Waals surface area contributed by atoms with Crippen LogP contribution >= 0.6 is 20.8 Å². The minimum Gasteiger partial charge on any atom is -0.353 e. The summed E-state index contributed by atoms with van der Waals surface area (Å²) in [7, 11) is 5.46. The second-order valence-corrected chi connectivity index (χ2v) is 12.0. The van der Waals surface area contributed by atoms with Crippen molar-refractivity contribution in [2.45, 2.75) is 56.4 Å². The van der Waals surface area contributed by atoms with Gasteiger partial charge in [0.25, 0.3) is 0 Å². The van der Waals surface area contributed by atoms with Gasteiger partial charge in [-0.1, -0.05) is 10.7 Å². The average molecular weight is 475 g/mol. The highest BCUT2D eigenvalue weighted by atomic mass is 35.7. The number of piperazine rings is 1. The molecule has 5 nitrogen and oxygen atoms in total. The molecular formula is C21H26ClF3N4OS. The number of benzene rings is 1. The average Bonchev–Trinajstić information content (AvgIpc) is 3.51. The second kappa shape index (κ2) is 7.56. The third-order valence-corrected chi connectivity index (χ3v) is 9.19. The Hall–Kier alpha value is -1.45. The van der Waals surface area contributed by atoms with E-state index in [0.29, 0.717) is 52.9 Å². The Morgan fingerprint density at radius 3 is 2.42 bits per heavy atom. The van der Waals surface area contributed by atoms with Crippen molar-refractivity contribution in [2.75, 3.05) is 23.7 Å². The van der Waals surface area contributed by atoms with Crippen molar-refractivity contribution in [1.82, 2.24) is 14.9 Å². The van der Waals surface area contributed by atoms with Gasteiger partial charge in [-0.25, -0.2) is 4.79 Å². The molecule has 0 bridgehead atoms. The lowest BCUT2D eigenvalue weighted by Crippen LogP contribution is -2.55. The van der Waals surface area contributed by atoms with Crippen LogP contribution < -0.4 is 15.9 Å². The molecule has 1 N–H and O–H groups in total. The van der Waals surface area contributed by atoms with Crippen LogP contribution in [0.4, 0.5) is 19.0 Å². The van der Waals surface area contributed by atoms with Gasteiger partial charge < -0.3 is 10.2 Å². The summed E-state index contributed by atoms with van der Waals surface area (Å²) in [5, 5.41) is 3.80. The Bertz CT molecular complexity index is 1080. The molecule has 4 atom stereocenters. The number of halogens is 4. The zero-order chi connectivity index (χ0) is 22.1. The van der Waals surface area contributed by atoms with Gasteiger partial charge in [0.05, 0.1) is 11.1 Å². The van der Waals surface area contributed by atoms with Crippen LogP contribution in [0.2, 0.25) is 0 Å². The zero-order valence-corrected chi connectivity index (χ0v) is 19.1. The summed E-state index contributed by atoms with van der Waals surface area (Å²) in [6, 6.07) is 2.59. The van der Waals surface area contributed by atoms with Crippen molar-refractivity contribution in [3.05, 3.63) is 28.2 Å². The summed E-state index contributed by atoms with van der Waals surface area (Å²) in [6.45, 7) is 5.66. The van der Waals surface area contributed by atoms with Gasteiger partial charge in [-0.3, -0.25) is 4.57 Å². The Morgan fingerprint density at radius 2 is 1.81 bits per heavy atom. The number of nitrogens with zero attached hydrogens (tertiary/aromatic N) is 3. The highest BCUT2D eigenvalue weighted by Crippen LogP contribution is 2.53. The van der Waals surface area contributed by atoms with Crippen molar-refractivity contribution in [2.24, 2.45) is 11.8 Å². The molecule has 170 valence electrons. The number of anilines is 1. The Kier molecular flexibility index (Phi) is 5.22. The predicted octanol–water partition coefficient (Wildman–Crippen LogP) is 4.16. The molecular weight excluding hydrogens is 449 g/mol. The molecule has 1 aliphatic carbocycles. The van der Waals surface area contributed by atoms with Crippen LogP contribution in [0.1, 0.15) is 32.3 Å². The quantitative estimate of drug-likeness (QED) is 0.642. The highest BCUT2D eigenvalue weighted by molar-refractivity contribution is 8.36. The standard InChI is InChI=1S/C21H26ClF3N4OS/c1-11-7-28(8-12(2)26-11)19-16-5-15(21(23,24)25)6-17-18(16)29(20(30)27-19)9-14(10-31(17)22)13-3-4-13/h5-6,11-14,26,31H,3-4,7-10H2,1-2H3/t11-,12+,14-/m1/s1. The largest absolute Gasteiger partial charge is 0.416 e. The van der Waals surface area contributed by atoms with E-state index in [2.05, 4.69) is 10.3 Å². The first-order chi connectivity index (χ1) is 14.6. The molecule has 2 fully saturated rings. The summed E-state index contributed by atoms with van der Waals surface area (Å²) < 4.78 is 43.1. The fourth-order valence-corrected chi connectivity index (χ4v) is 7.79. The van der Waals surface area contributed by atoms with Crippen LogP contribution in [0.3, 0.4) is 0 Å². The topological polar surface area (TPSA) is 50.2 Å². The Balaban J connectivity index is 1.77. The summed E-state index contributed by atoms with van der Waals surface area (Å²) in [4.78, 5) is 19.9. The van der Waals surface area contributed by atoms with Crippen molar-refractivity contribution >= 4 is 37.5 Å². The SMILES string of the molecule is C[C@@H]1CN(c2nc(=O)n3c4c(cc(C(F)(F)F)cc24)[SH](Cl)C[C@H](C2CC2)C3)C[C@H](C)N1. The minimum absolute atomic E-state index is 0.133. The van der Waals surface area contributed by atoms with E-state index in [4.69, 9.17) is 10.7 Å². The van der Waals surface area contributed by atoms with Gasteiger partial charge in [0, 0.05) is 42.0 Å². The molecule has 1 unspecified atom stereocenters. The minimum atomic E-state index is -4.50. The normalized spacial score (nSPS) is 30.5. The van der Waals surface area contributed by atoms with Crippen LogP contribution in [-0.2, 0) is 12.7 Å². The molecule has 1 saturated carbocycles. The lowest BCUT2D eigenvalue weighted by Gasteiger charge is -2.37. The van der Waals surface area contributed by atoms with Gasteiger partial charge in [-0.2, -0.15) is 18.2 Å². The molecule has 0 amide bonds. The van der Waals surface area contributed by atoms with Crippen LogP contribution in [0.25, 0.3) is 10.9 Å². The maximum Gasteiger partial charge on any atom is 0.416 e. The number of aromatic nitrogens is 2. The van der Waals surface area contributed by atoms with E-state index in [1.54, 1.807) is 4.57 Å². The third kappa shape index (κ3) is 3.93. The highest BCUT2D eigenvalue weighted by Gasteiger charge is 2.38. The van der Waals surface area contributed by atoms with E-state index in [-0.39, 0.29) is 18.0 Å². The molecule has 1 saturated heterocycles. The van der Waals surface area contributed by atoms with E-state index in [1.807, 2.05) is 18.7 Å². The van der Waals surface area contributed by atoms with Crippen molar-refractivity contribution < 1.29 is 13.2 Å². The molecule has 0 spiro atoms. The van der Waals surface area contributed by atoms with Gasteiger partial charge >= 0.3 is 11.9 Å². The first-order valence-corrected chi connectivity index (χ1v) is 13.1. The van der Waals surface area contributed by atoms with Gasteiger partial charge in [-0.05, 0) is 56.4 Å². The number of rotatable bonds is 2. The molecule has 1 aromatic carbocycles. The molecule has 3 aliphatic rings. The first kappa shape index (κ1) is 21.4. The smallest absolute Gasteiger partial charge is 0.353 e. The molecule has 5 rings (SSSR count). The fraction of sp³-hybridized carbons (Fsp3) is 0.619. The zero-order valence-electron chi connectivity index (χ0n) is 17.4. The van der Waals surface area contributed by atoms with Gasteiger partial charge in [-0.15, -0.1) is 10.1 Å². The predicted molar refractivity (Wildman–Crippen MR) is 119 cm³/mol. The van der Waals surface area contributed by atoms with Crippen LogP contribution in [0, 0.1) is 11.8 Å². The van der Waals surface area contributed by atoms with Crippen LogP contribution in [-0.4, -0.2) is 40.5 Å².